The van der Waals surface area contributed by atoms with Gasteiger partial charge in [0.05, 0.1) is 5.60 Å². The molecule has 1 N–H and O–H groups in total. The summed E-state index contributed by atoms with van der Waals surface area (Å²) >= 11 is 0. The maximum absolute atomic E-state index is 11.1. The SMILES string of the molecule is CCC(O)(CC)[C@H]1C=C(c2ccccc2)C=C[C@@H]1C(C)C. The molecule has 114 valence electrons. The van der Waals surface area contributed by atoms with Crippen molar-refractivity contribution in [3.8, 4) is 0 Å². The van der Waals surface area contributed by atoms with Gasteiger partial charge >= 0.3 is 0 Å². The Morgan fingerprint density at radius 1 is 1.10 bits per heavy atom. The van der Waals surface area contributed by atoms with Gasteiger partial charge in [0, 0.05) is 5.92 Å². The second kappa shape index (κ2) is 6.62. The third-order valence-electron chi connectivity index (χ3n) is 4.99. The van der Waals surface area contributed by atoms with Gasteiger partial charge in [-0.3, -0.25) is 0 Å². The Kier molecular flexibility index (Phi) is 5.05. The van der Waals surface area contributed by atoms with E-state index in [9.17, 15) is 5.11 Å². The molecule has 1 aromatic rings. The minimum Gasteiger partial charge on any atom is -0.389 e. The van der Waals surface area contributed by atoms with Crippen LogP contribution in [0.25, 0.3) is 5.57 Å². The van der Waals surface area contributed by atoms with E-state index in [1.807, 2.05) is 6.07 Å². The molecule has 0 aromatic heterocycles. The van der Waals surface area contributed by atoms with Gasteiger partial charge in [0.2, 0.25) is 0 Å². The summed E-state index contributed by atoms with van der Waals surface area (Å²) in [6, 6.07) is 10.5. The zero-order valence-electron chi connectivity index (χ0n) is 13.7. The van der Waals surface area contributed by atoms with Crippen molar-refractivity contribution < 1.29 is 5.11 Å². The predicted octanol–water partition coefficient (Wildman–Crippen LogP) is 5.08. The van der Waals surface area contributed by atoms with Crippen molar-refractivity contribution in [2.45, 2.75) is 46.1 Å². The third-order valence-corrected chi connectivity index (χ3v) is 4.99. The van der Waals surface area contributed by atoms with Crippen LogP contribution in [0.4, 0.5) is 0 Å². The maximum atomic E-state index is 11.1. The summed E-state index contributed by atoms with van der Waals surface area (Å²) in [7, 11) is 0. The average molecular weight is 284 g/mol. The highest BCUT2D eigenvalue weighted by Crippen LogP contribution is 2.41. The fourth-order valence-electron chi connectivity index (χ4n) is 3.39. The highest BCUT2D eigenvalue weighted by atomic mass is 16.3. The standard InChI is InChI=1S/C20H28O/c1-5-20(21,6-2)19-14-17(12-13-18(19)15(3)4)16-10-8-7-9-11-16/h7-15,18-19,21H,5-6H2,1-4H3/t18-,19+/m1/s1. The van der Waals surface area contributed by atoms with E-state index >= 15 is 0 Å². The van der Waals surface area contributed by atoms with Crippen molar-refractivity contribution >= 4 is 5.57 Å². The van der Waals surface area contributed by atoms with Crippen LogP contribution in [0.5, 0.6) is 0 Å². The van der Waals surface area contributed by atoms with Crippen molar-refractivity contribution in [2.75, 3.05) is 0 Å². The van der Waals surface area contributed by atoms with Crippen LogP contribution in [0.1, 0.15) is 46.1 Å². The van der Waals surface area contributed by atoms with Crippen molar-refractivity contribution in [3.63, 3.8) is 0 Å². The molecule has 0 spiro atoms. The van der Waals surface area contributed by atoms with Gasteiger partial charge < -0.3 is 5.11 Å². The number of allylic oxidation sites excluding steroid dienone is 3. The Morgan fingerprint density at radius 2 is 1.71 bits per heavy atom. The van der Waals surface area contributed by atoms with Crippen LogP contribution in [0.3, 0.4) is 0 Å². The van der Waals surface area contributed by atoms with Gasteiger partial charge in [-0.25, -0.2) is 0 Å². The normalized spacial score (nSPS) is 22.5. The van der Waals surface area contributed by atoms with E-state index in [1.165, 1.54) is 11.1 Å². The second-order valence-electron chi connectivity index (χ2n) is 6.50. The van der Waals surface area contributed by atoms with Crippen molar-refractivity contribution in [2.24, 2.45) is 17.8 Å². The molecule has 2 rings (SSSR count). The van der Waals surface area contributed by atoms with E-state index in [0.717, 1.165) is 12.8 Å². The molecule has 0 unspecified atom stereocenters. The highest BCUT2D eigenvalue weighted by molar-refractivity contribution is 5.75. The zero-order valence-corrected chi connectivity index (χ0v) is 13.7. The lowest BCUT2D eigenvalue weighted by molar-refractivity contribution is -0.0287. The molecule has 1 aromatic carbocycles. The largest absolute Gasteiger partial charge is 0.389 e. The molecule has 1 heteroatoms. The zero-order chi connectivity index (χ0) is 15.5. The van der Waals surface area contributed by atoms with Gasteiger partial charge in [-0.1, -0.05) is 76.3 Å². The summed E-state index contributed by atoms with van der Waals surface area (Å²) in [5.74, 6) is 1.12. The molecular weight excluding hydrogens is 256 g/mol. The lowest BCUT2D eigenvalue weighted by atomic mass is 9.68. The van der Waals surface area contributed by atoms with E-state index in [-0.39, 0.29) is 5.92 Å². The first-order valence-electron chi connectivity index (χ1n) is 8.19. The highest BCUT2D eigenvalue weighted by Gasteiger charge is 2.39. The minimum absolute atomic E-state index is 0.188. The molecule has 2 atom stereocenters. The Bertz CT molecular complexity index is 506. The summed E-state index contributed by atoms with van der Waals surface area (Å²) in [6.45, 7) is 8.68. The van der Waals surface area contributed by atoms with Gasteiger partial charge in [-0.05, 0) is 35.8 Å². The van der Waals surface area contributed by atoms with Gasteiger partial charge in [0.1, 0.15) is 0 Å². The number of hydrogen-bond acceptors (Lipinski definition) is 1. The molecule has 0 amide bonds. The molecule has 1 aliphatic carbocycles. The first-order chi connectivity index (χ1) is 10.0. The molecule has 0 bridgehead atoms. The Morgan fingerprint density at radius 3 is 2.24 bits per heavy atom. The fourth-order valence-corrected chi connectivity index (χ4v) is 3.39. The Balaban J connectivity index is 2.41. The minimum atomic E-state index is -0.611. The number of aliphatic hydroxyl groups is 1. The molecule has 0 radical (unpaired) electrons. The predicted molar refractivity (Wildman–Crippen MR) is 90.9 cm³/mol. The van der Waals surface area contributed by atoms with E-state index < -0.39 is 5.60 Å². The second-order valence-corrected chi connectivity index (χ2v) is 6.50. The van der Waals surface area contributed by atoms with Crippen LogP contribution in [0.2, 0.25) is 0 Å². The van der Waals surface area contributed by atoms with Crippen molar-refractivity contribution in [1.29, 1.82) is 0 Å². The number of benzene rings is 1. The van der Waals surface area contributed by atoms with Crippen LogP contribution in [0, 0.1) is 17.8 Å². The van der Waals surface area contributed by atoms with E-state index in [1.54, 1.807) is 0 Å². The number of rotatable bonds is 5. The molecule has 1 aliphatic rings. The monoisotopic (exact) mass is 284 g/mol. The molecule has 21 heavy (non-hydrogen) atoms. The molecule has 0 heterocycles. The Hall–Kier alpha value is -1.34. The van der Waals surface area contributed by atoms with Gasteiger partial charge in [-0.2, -0.15) is 0 Å². The first-order valence-corrected chi connectivity index (χ1v) is 8.19. The quantitative estimate of drug-likeness (QED) is 0.799. The molecule has 0 fully saturated rings. The van der Waals surface area contributed by atoms with Crippen LogP contribution in [-0.2, 0) is 0 Å². The maximum Gasteiger partial charge on any atom is 0.0710 e. The van der Waals surface area contributed by atoms with Crippen LogP contribution in [-0.4, -0.2) is 10.7 Å². The topological polar surface area (TPSA) is 20.2 Å². The van der Waals surface area contributed by atoms with E-state index in [0.29, 0.717) is 11.8 Å². The molecular formula is C20H28O. The van der Waals surface area contributed by atoms with Crippen molar-refractivity contribution in [1.82, 2.24) is 0 Å². The number of hydrogen-bond donors (Lipinski definition) is 1. The summed E-state index contributed by atoms with van der Waals surface area (Å²) < 4.78 is 0. The summed E-state index contributed by atoms with van der Waals surface area (Å²) in [5.41, 5.74) is 1.85. The van der Waals surface area contributed by atoms with Crippen LogP contribution < -0.4 is 0 Å². The summed E-state index contributed by atoms with van der Waals surface area (Å²) in [6.07, 6.45) is 8.41. The molecule has 0 saturated heterocycles. The van der Waals surface area contributed by atoms with E-state index in [2.05, 4.69) is 70.2 Å². The Labute approximate surface area is 129 Å². The van der Waals surface area contributed by atoms with Gasteiger partial charge in [-0.15, -0.1) is 0 Å². The fraction of sp³-hybridized carbons (Fsp3) is 0.500. The van der Waals surface area contributed by atoms with Crippen molar-refractivity contribution in [3.05, 3.63) is 54.1 Å². The van der Waals surface area contributed by atoms with Crippen LogP contribution >= 0.6 is 0 Å². The van der Waals surface area contributed by atoms with Gasteiger partial charge in [0.15, 0.2) is 0 Å². The smallest absolute Gasteiger partial charge is 0.0710 e. The molecule has 0 aliphatic heterocycles. The first kappa shape index (κ1) is 16.0. The molecule has 1 nitrogen and oxygen atoms in total. The third kappa shape index (κ3) is 3.29. The van der Waals surface area contributed by atoms with E-state index in [4.69, 9.17) is 0 Å². The summed E-state index contributed by atoms with van der Waals surface area (Å²) in [4.78, 5) is 0. The lowest BCUT2D eigenvalue weighted by Gasteiger charge is -2.41. The van der Waals surface area contributed by atoms with Gasteiger partial charge in [0.25, 0.3) is 0 Å². The van der Waals surface area contributed by atoms with Crippen LogP contribution in [0.15, 0.2) is 48.6 Å². The average Bonchev–Trinajstić information content (AvgIpc) is 2.54. The molecule has 0 saturated carbocycles. The summed E-state index contributed by atoms with van der Waals surface area (Å²) in [5, 5.41) is 11.1. The lowest BCUT2D eigenvalue weighted by Crippen LogP contribution is -2.41.